The van der Waals surface area contributed by atoms with Crippen molar-refractivity contribution in [2.75, 3.05) is 20.2 Å². The monoisotopic (exact) mass is 514 g/mol. The first-order valence-electron chi connectivity index (χ1n) is 13.0. The average molecular weight is 515 g/mol. The lowest BCUT2D eigenvalue weighted by molar-refractivity contribution is -0.135. The molecule has 0 spiro atoms. The first kappa shape index (κ1) is 26.9. The summed E-state index contributed by atoms with van der Waals surface area (Å²) in [5, 5.41) is 2.35. The Labute approximate surface area is 216 Å². The van der Waals surface area contributed by atoms with Crippen LogP contribution in [0.3, 0.4) is 0 Å². The van der Waals surface area contributed by atoms with E-state index in [1.165, 1.54) is 4.57 Å². The highest BCUT2D eigenvalue weighted by molar-refractivity contribution is 6.00. The van der Waals surface area contributed by atoms with Gasteiger partial charge < -0.3 is 14.4 Å². The predicted octanol–water partition coefficient (Wildman–Crippen LogP) is 2.91. The van der Waals surface area contributed by atoms with E-state index in [4.69, 9.17) is 9.47 Å². The number of amides is 3. The molecule has 2 heterocycles. The molecule has 3 amide bonds. The van der Waals surface area contributed by atoms with E-state index in [1.807, 2.05) is 39.0 Å². The van der Waals surface area contributed by atoms with Gasteiger partial charge in [0.05, 0.1) is 17.1 Å². The fourth-order valence-electron chi connectivity index (χ4n) is 5.19. The number of hydrogen-bond donors (Lipinski definition) is 1. The molecule has 1 unspecified atom stereocenters. The van der Waals surface area contributed by atoms with Crippen LogP contribution in [0.4, 0.5) is 4.79 Å². The lowest BCUT2D eigenvalue weighted by Crippen LogP contribution is -2.44. The van der Waals surface area contributed by atoms with E-state index in [9.17, 15) is 19.2 Å². The number of benzene rings is 1. The number of para-hydroxylation sites is 1. The molecule has 1 saturated heterocycles. The van der Waals surface area contributed by atoms with Crippen molar-refractivity contribution in [1.29, 1.82) is 0 Å². The maximum Gasteiger partial charge on any atom is 0.410 e. The number of carbonyl (C=O) groups excluding carboxylic acids is 3. The molecular weight excluding hydrogens is 476 g/mol. The summed E-state index contributed by atoms with van der Waals surface area (Å²) in [5.41, 5.74) is 1.88. The third-order valence-corrected chi connectivity index (χ3v) is 7.11. The second-order valence-corrected chi connectivity index (χ2v) is 11.3. The van der Waals surface area contributed by atoms with Crippen molar-refractivity contribution >= 4 is 28.9 Å². The van der Waals surface area contributed by atoms with Crippen molar-refractivity contribution in [2.24, 2.45) is 13.0 Å². The minimum Gasteiger partial charge on any atom is -0.444 e. The van der Waals surface area contributed by atoms with Crippen LogP contribution in [0.15, 0.2) is 23.0 Å². The molecule has 1 N–H and O–H groups in total. The third kappa shape index (κ3) is 6.06. The molecule has 0 bridgehead atoms. The van der Waals surface area contributed by atoms with Crippen LogP contribution in [-0.4, -0.2) is 63.8 Å². The van der Waals surface area contributed by atoms with E-state index in [2.05, 4.69) is 5.32 Å². The van der Waals surface area contributed by atoms with Crippen LogP contribution in [0.25, 0.3) is 11.0 Å². The summed E-state index contributed by atoms with van der Waals surface area (Å²) < 4.78 is 14.5. The van der Waals surface area contributed by atoms with Gasteiger partial charge in [-0.15, -0.1) is 0 Å². The highest BCUT2D eigenvalue weighted by Crippen LogP contribution is 2.35. The van der Waals surface area contributed by atoms with Gasteiger partial charge in [-0.1, -0.05) is 12.1 Å². The second kappa shape index (κ2) is 10.7. The molecule has 2 aliphatic rings. The van der Waals surface area contributed by atoms with Crippen molar-refractivity contribution in [3.05, 3.63) is 34.2 Å². The maximum atomic E-state index is 13.1. The Kier molecular flexibility index (Phi) is 7.77. The molecular formula is C27H38N4O6. The Balaban J connectivity index is 1.30. The number of hydrogen-bond acceptors (Lipinski definition) is 6. The number of fused-ring (bicyclic) bond motifs is 1. The summed E-state index contributed by atoms with van der Waals surface area (Å²) in [6.07, 6.45) is 3.87. The van der Waals surface area contributed by atoms with Crippen molar-refractivity contribution in [1.82, 2.24) is 19.4 Å². The van der Waals surface area contributed by atoms with Crippen LogP contribution in [0, 0.1) is 5.92 Å². The number of imidazole rings is 1. The van der Waals surface area contributed by atoms with Crippen LogP contribution in [-0.2, 0) is 32.5 Å². The van der Waals surface area contributed by atoms with Crippen LogP contribution in [0.5, 0.6) is 0 Å². The summed E-state index contributed by atoms with van der Waals surface area (Å²) in [6.45, 7) is 6.71. The number of rotatable bonds is 8. The Morgan fingerprint density at radius 2 is 1.92 bits per heavy atom. The average Bonchev–Trinajstić information content (AvgIpc) is 3.04. The number of aromatic nitrogens is 2. The Morgan fingerprint density at radius 1 is 1.19 bits per heavy atom. The summed E-state index contributed by atoms with van der Waals surface area (Å²) in [6, 6.07) is 5.15. The van der Waals surface area contributed by atoms with Crippen molar-refractivity contribution in [3.8, 4) is 0 Å². The van der Waals surface area contributed by atoms with Crippen molar-refractivity contribution in [3.63, 3.8) is 0 Å². The molecule has 37 heavy (non-hydrogen) atoms. The number of piperidine rings is 1. The van der Waals surface area contributed by atoms with Gasteiger partial charge in [0.15, 0.2) is 0 Å². The third-order valence-electron chi connectivity index (χ3n) is 7.11. The number of nitrogens with one attached hydrogen (secondary N) is 1. The van der Waals surface area contributed by atoms with Gasteiger partial charge in [-0.3, -0.25) is 24.0 Å². The Hall–Kier alpha value is -3.14. The summed E-state index contributed by atoms with van der Waals surface area (Å²) >= 11 is 0. The van der Waals surface area contributed by atoms with Crippen molar-refractivity contribution < 1.29 is 23.9 Å². The molecule has 2 aromatic rings. The van der Waals surface area contributed by atoms with Gasteiger partial charge in [0.2, 0.25) is 11.8 Å². The number of imide groups is 1. The van der Waals surface area contributed by atoms with Gasteiger partial charge in [-0.05, 0) is 70.4 Å². The fourth-order valence-corrected chi connectivity index (χ4v) is 5.19. The molecule has 2 fully saturated rings. The molecule has 1 aliphatic carbocycles. The lowest BCUT2D eigenvalue weighted by atomic mass is 9.78. The number of carbonyl (C=O) groups is 3. The topological polar surface area (TPSA) is 112 Å². The molecule has 10 heteroatoms. The predicted molar refractivity (Wildman–Crippen MR) is 138 cm³/mol. The van der Waals surface area contributed by atoms with E-state index >= 15 is 0 Å². The zero-order chi connectivity index (χ0) is 26.9. The Bertz CT molecular complexity index is 1230. The number of nitrogens with zero attached hydrogens (tertiary/aromatic N) is 3. The standard InChI is InChI=1S/C27H38N4O6/c1-27(2,3)37-26(35)29(4)12-7-13-36-19-15-17(16-19)14-18-8-6-9-20-23(18)30(5)25(34)31(20)21-10-11-22(32)28-24(21)33/h6,8-9,17,19,21H,7,10-16H2,1-5H3,(H,28,32,33)/t17-,19-,21?. The van der Waals surface area contributed by atoms with E-state index in [0.29, 0.717) is 25.5 Å². The Morgan fingerprint density at radius 3 is 2.59 bits per heavy atom. The summed E-state index contributed by atoms with van der Waals surface area (Å²) in [4.78, 5) is 50.7. The largest absolute Gasteiger partial charge is 0.444 e. The normalized spacial score (nSPS) is 22.0. The fraction of sp³-hybridized carbons (Fsp3) is 0.630. The molecule has 202 valence electrons. The van der Waals surface area contributed by atoms with Gasteiger partial charge >= 0.3 is 11.8 Å². The van der Waals surface area contributed by atoms with Gasteiger partial charge in [0.25, 0.3) is 0 Å². The first-order valence-corrected chi connectivity index (χ1v) is 13.0. The van der Waals surface area contributed by atoms with E-state index in [-0.39, 0.29) is 30.2 Å². The van der Waals surface area contributed by atoms with Gasteiger partial charge in [0.1, 0.15) is 11.6 Å². The number of aryl methyl sites for hydroxylation is 1. The SMILES string of the molecule is CN(CCCO[C@H]1C[C@H](Cc2cccc3c2n(C)c(=O)n3C2CCC(=O)NC2=O)C1)C(=O)OC(C)(C)C. The van der Waals surface area contributed by atoms with Crippen LogP contribution in [0.1, 0.15) is 64.5 Å². The van der Waals surface area contributed by atoms with Crippen molar-refractivity contribution in [2.45, 2.75) is 77.0 Å². The molecule has 10 nitrogen and oxygen atoms in total. The molecule has 1 aromatic heterocycles. The minimum absolute atomic E-state index is 0.202. The molecule has 1 aromatic carbocycles. The zero-order valence-electron chi connectivity index (χ0n) is 22.4. The van der Waals surface area contributed by atoms with Crippen LogP contribution < -0.4 is 11.0 Å². The number of ether oxygens (including phenoxy) is 2. The maximum absolute atomic E-state index is 13.1. The first-order chi connectivity index (χ1) is 17.4. The van der Waals surface area contributed by atoms with E-state index in [1.54, 1.807) is 23.6 Å². The van der Waals surface area contributed by atoms with E-state index in [0.717, 1.165) is 42.3 Å². The van der Waals surface area contributed by atoms with Crippen LogP contribution in [0.2, 0.25) is 0 Å². The van der Waals surface area contributed by atoms with Gasteiger partial charge in [-0.2, -0.15) is 0 Å². The lowest BCUT2D eigenvalue weighted by Gasteiger charge is -2.35. The minimum atomic E-state index is -0.681. The highest BCUT2D eigenvalue weighted by Gasteiger charge is 2.33. The molecule has 1 atom stereocenters. The summed E-state index contributed by atoms with van der Waals surface area (Å²) in [5.74, 6) is -0.270. The molecule has 1 saturated carbocycles. The quantitative estimate of drug-likeness (QED) is 0.428. The molecule has 4 rings (SSSR count). The molecule has 0 radical (unpaired) electrons. The van der Waals surface area contributed by atoms with Crippen LogP contribution >= 0.6 is 0 Å². The van der Waals surface area contributed by atoms with Gasteiger partial charge in [-0.25, -0.2) is 9.59 Å². The molecule has 1 aliphatic heterocycles. The second-order valence-electron chi connectivity index (χ2n) is 11.3. The van der Waals surface area contributed by atoms with Gasteiger partial charge in [0, 0.05) is 33.7 Å². The highest BCUT2D eigenvalue weighted by atomic mass is 16.6. The summed E-state index contributed by atoms with van der Waals surface area (Å²) in [7, 11) is 3.46. The zero-order valence-corrected chi connectivity index (χ0v) is 22.4. The smallest absolute Gasteiger partial charge is 0.410 e. The van der Waals surface area contributed by atoms with E-state index < -0.39 is 17.6 Å².